The normalized spacial score (nSPS) is 9.77. The Bertz CT molecular complexity index is 330. The third-order valence-corrected chi connectivity index (χ3v) is 1.88. The van der Waals surface area contributed by atoms with E-state index < -0.39 is 0 Å². The van der Waals surface area contributed by atoms with Crippen LogP contribution < -0.4 is 0 Å². The molecule has 0 aliphatic rings. The van der Waals surface area contributed by atoms with Gasteiger partial charge in [0.2, 0.25) is 0 Å². The maximum atomic E-state index is 10.5. The zero-order valence-electron chi connectivity index (χ0n) is 8.35. The van der Waals surface area contributed by atoms with E-state index >= 15 is 0 Å². The molecular weight excluding hydrogens is 162 g/mol. The largest absolute Gasteiger partial charge is 0.356 e. The van der Waals surface area contributed by atoms with Crippen molar-refractivity contribution in [2.75, 3.05) is 0 Å². The first-order valence-corrected chi connectivity index (χ1v) is 4.49. The van der Waals surface area contributed by atoms with Crippen molar-refractivity contribution in [1.29, 1.82) is 0 Å². The van der Waals surface area contributed by atoms with Crippen LogP contribution in [0.25, 0.3) is 6.08 Å². The van der Waals surface area contributed by atoms with Crippen LogP contribution in [0.4, 0.5) is 0 Å². The van der Waals surface area contributed by atoms with Crippen LogP contribution in [0.5, 0.6) is 0 Å². The molecule has 1 aromatic heterocycles. The number of nitrogens with one attached hydrogen (secondary N) is 1. The van der Waals surface area contributed by atoms with Gasteiger partial charge < -0.3 is 4.98 Å². The smallest absolute Gasteiger partial charge is 0.166 e. The summed E-state index contributed by atoms with van der Waals surface area (Å²) < 4.78 is 0. The fourth-order valence-electron chi connectivity index (χ4n) is 1.33. The van der Waals surface area contributed by atoms with Gasteiger partial charge in [-0.3, -0.25) is 4.79 Å². The van der Waals surface area contributed by atoms with Gasteiger partial charge in [-0.2, -0.15) is 0 Å². The van der Waals surface area contributed by atoms with Gasteiger partial charge in [0.1, 0.15) is 0 Å². The lowest BCUT2D eigenvalue weighted by Crippen LogP contribution is -1.84. The molecule has 1 aromatic rings. The number of H-pyrrole nitrogens is 1. The first-order chi connectivity index (χ1) is 6.17. The summed E-state index contributed by atoms with van der Waals surface area (Å²) in [7, 11) is 0. The van der Waals surface area contributed by atoms with E-state index in [2.05, 4.69) is 18.0 Å². The summed E-state index contributed by atoms with van der Waals surface area (Å²) >= 11 is 0. The molecule has 70 valence electrons. The van der Waals surface area contributed by atoms with Gasteiger partial charge in [0.15, 0.2) is 6.29 Å². The van der Waals surface area contributed by atoms with Crippen LogP contribution >= 0.6 is 0 Å². The standard InChI is InChI=1S/C11H15NO/c1-4-11-9(5-8(2)3)6-10(7-13)12-11/h5-7,12H,4H2,1-3H3. The summed E-state index contributed by atoms with van der Waals surface area (Å²) in [4.78, 5) is 13.6. The number of aromatic amines is 1. The van der Waals surface area contributed by atoms with Crippen LogP contribution in [0.2, 0.25) is 0 Å². The van der Waals surface area contributed by atoms with Crippen molar-refractivity contribution in [1.82, 2.24) is 4.98 Å². The minimum atomic E-state index is 0.657. The zero-order valence-corrected chi connectivity index (χ0v) is 8.35. The highest BCUT2D eigenvalue weighted by Gasteiger charge is 2.02. The van der Waals surface area contributed by atoms with Crippen LogP contribution in [-0.4, -0.2) is 11.3 Å². The second kappa shape index (κ2) is 4.08. The molecule has 1 heterocycles. The van der Waals surface area contributed by atoms with Gasteiger partial charge in [-0.05, 0) is 31.9 Å². The number of rotatable bonds is 3. The third-order valence-electron chi connectivity index (χ3n) is 1.88. The molecule has 0 aliphatic carbocycles. The number of aromatic nitrogens is 1. The van der Waals surface area contributed by atoms with E-state index in [-0.39, 0.29) is 0 Å². The molecule has 0 saturated heterocycles. The number of hydrogen-bond acceptors (Lipinski definition) is 1. The quantitative estimate of drug-likeness (QED) is 0.707. The summed E-state index contributed by atoms with van der Waals surface area (Å²) in [5.41, 5.74) is 4.16. The molecule has 0 amide bonds. The number of aryl methyl sites for hydroxylation is 1. The van der Waals surface area contributed by atoms with E-state index in [0.29, 0.717) is 5.69 Å². The summed E-state index contributed by atoms with van der Waals surface area (Å²) in [6.07, 6.45) is 3.86. The van der Waals surface area contributed by atoms with E-state index in [0.717, 1.165) is 24.0 Å². The fourth-order valence-corrected chi connectivity index (χ4v) is 1.33. The average Bonchev–Trinajstić information content (AvgIpc) is 2.46. The molecule has 13 heavy (non-hydrogen) atoms. The van der Waals surface area contributed by atoms with Crippen LogP contribution in [0.3, 0.4) is 0 Å². The summed E-state index contributed by atoms with van der Waals surface area (Å²) in [6, 6.07) is 1.89. The second-order valence-electron chi connectivity index (χ2n) is 3.35. The molecule has 2 heteroatoms. The molecule has 0 fully saturated rings. The number of carbonyl (C=O) groups excluding carboxylic acids is 1. The fraction of sp³-hybridized carbons (Fsp3) is 0.364. The minimum Gasteiger partial charge on any atom is -0.356 e. The van der Waals surface area contributed by atoms with Crippen molar-refractivity contribution in [3.8, 4) is 0 Å². The number of aldehydes is 1. The van der Waals surface area contributed by atoms with Crippen molar-refractivity contribution in [2.45, 2.75) is 27.2 Å². The van der Waals surface area contributed by atoms with Gasteiger partial charge in [0, 0.05) is 5.69 Å². The molecule has 0 aromatic carbocycles. The molecule has 0 radical (unpaired) electrons. The Morgan fingerprint density at radius 2 is 2.23 bits per heavy atom. The van der Waals surface area contributed by atoms with E-state index in [9.17, 15) is 4.79 Å². The van der Waals surface area contributed by atoms with Crippen molar-refractivity contribution < 1.29 is 4.79 Å². The van der Waals surface area contributed by atoms with Crippen LogP contribution in [-0.2, 0) is 6.42 Å². The van der Waals surface area contributed by atoms with E-state index in [1.54, 1.807) is 0 Å². The average molecular weight is 177 g/mol. The molecule has 0 unspecified atom stereocenters. The Balaban J connectivity index is 3.11. The van der Waals surface area contributed by atoms with Crippen LogP contribution in [0, 0.1) is 0 Å². The number of hydrogen-bond donors (Lipinski definition) is 1. The summed E-state index contributed by atoms with van der Waals surface area (Å²) in [5, 5.41) is 0. The first-order valence-electron chi connectivity index (χ1n) is 4.49. The maximum absolute atomic E-state index is 10.5. The van der Waals surface area contributed by atoms with Gasteiger partial charge in [0.25, 0.3) is 0 Å². The first kappa shape index (κ1) is 9.78. The summed E-state index contributed by atoms with van der Waals surface area (Å²) in [6.45, 7) is 6.17. The lowest BCUT2D eigenvalue weighted by molar-refractivity contribution is 0.111. The molecule has 0 spiro atoms. The van der Waals surface area contributed by atoms with Crippen LogP contribution in [0.1, 0.15) is 42.5 Å². The van der Waals surface area contributed by atoms with Gasteiger partial charge >= 0.3 is 0 Å². The van der Waals surface area contributed by atoms with Gasteiger partial charge in [0.05, 0.1) is 5.69 Å². The van der Waals surface area contributed by atoms with E-state index in [4.69, 9.17) is 0 Å². The van der Waals surface area contributed by atoms with Crippen molar-refractivity contribution in [2.24, 2.45) is 0 Å². The van der Waals surface area contributed by atoms with Gasteiger partial charge in [-0.15, -0.1) is 0 Å². The Labute approximate surface area is 78.7 Å². The molecule has 0 bridgehead atoms. The van der Waals surface area contributed by atoms with E-state index in [1.807, 2.05) is 19.9 Å². The predicted molar refractivity (Wildman–Crippen MR) is 54.9 cm³/mol. The van der Waals surface area contributed by atoms with Gasteiger partial charge in [-0.25, -0.2) is 0 Å². The highest BCUT2D eigenvalue weighted by molar-refractivity contribution is 5.75. The predicted octanol–water partition coefficient (Wildman–Crippen LogP) is 2.81. The number of allylic oxidation sites excluding steroid dienone is 1. The van der Waals surface area contributed by atoms with Crippen molar-refractivity contribution in [3.63, 3.8) is 0 Å². The Kier molecular flexibility index (Phi) is 3.07. The monoisotopic (exact) mass is 177 g/mol. The third kappa shape index (κ3) is 2.31. The lowest BCUT2D eigenvalue weighted by Gasteiger charge is -1.94. The number of carbonyl (C=O) groups is 1. The van der Waals surface area contributed by atoms with Crippen molar-refractivity contribution in [3.05, 3.63) is 28.6 Å². The highest BCUT2D eigenvalue weighted by atomic mass is 16.1. The molecule has 0 atom stereocenters. The molecule has 1 N–H and O–H groups in total. The molecular formula is C11H15NO. The van der Waals surface area contributed by atoms with Crippen molar-refractivity contribution >= 4 is 12.4 Å². The topological polar surface area (TPSA) is 32.9 Å². The Morgan fingerprint density at radius 1 is 1.54 bits per heavy atom. The Morgan fingerprint density at radius 3 is 2.69 bits per heavy atom. The Hall–Kier alpha value is -1.31. The molecule has 0 aliphatic heterocycles. The SMILES string of the molecule is CCc1[nH]c(C=O)cc1C=C(C)C. The lowest BCUT2D eigenvalue weighted by atomic mass is 10.1. The van der Waals surface area contributed by atoms with E-state index in [1.165, 1.54) is 5.57 Å². The second-order valence-corrected chi connectivity index (χ2v) is 3.35. The zero-order chi connectivity index (χ0) is 9.84. The maximum Gasteiger partial charge on any atom is 0.166 e. The molecule has 2 nitrogen and oxygen atoms in total. The summed E-state index contributed by atoms with van der Waals surface area (Å²) in [5.74, 6) is 0. The molecule has 1 rings (SSSR count). The van der Waals surface area contributed by atoms with Crippen LogP contribution in [0.15, 0.2) is 11.6 Å². The minimum absolute atomic E-state index is 0.657. The highest BCUT2D eigenvalue weighted by Crippen LogP contribution is 2.14. The molecule has 0 saturated carbocycles. The van der Waals surface area contributed by atoms with Gasteiger partial charge in [-0.1, -0.05) is 18.6 Å².